The molecule has 2 rings (SSSR count). The van der Waals surface area contributed by atoms with Gasteiger partial charge in [0.15, 0.2) is 0 Å². The average molecular weight is 260 g/mol. The molecule has 102 valence electrons. The number of allylic oxidation sites excluding steroid dienone is 1. The van der Waals surface area contributed by atoms with E-state index in [1.54, 1.807) is 12.1 Å². The molecule has 1 aromatic carbocycles. The van der Waals surface area contributed by atoms with E-state index in [9.17, 15) is 9.18 Å². The van der Waals surface area contributed by atoms with Gasteiger partial charge >= 0.3 is 0 Å². The summed E-state index contributed by atoms with van der Waals surface area (Å²) < 4.78 is 13.1. The van der Waals surface area contributed by atoms with E-state index in [0.29, 0.717) is 12.3 Å². The van der Waals surface area contributed by atoms with Gasteiger partial charge in [0, 0.05) is 0 Å². The van der Waals surface area contributed by atoms with Crippen molar-refractivity contribution in [2.45, 2.75) is 43.9 Å². The van der Waals surface area contributed by atoms with Crippen LogP contribution in [0.25, 0.3) is 0 Å². The number of hydrogen-bond donors (Lipinski definition) is 0. The molecule has 0 amide bonds. The first-order valence-corrected chi connectivity index (χ1v) is 7.06. The summed E-state index contributed by atoms with van der Waals surface area (Å²) >= 11 is 0. The Kier molecular flexibility index (Phi) is 4.52. The van der Waals surface area contributed by atoms with Gasteiger partial charge in [0.25, 0.3) is 0 Å². The highest BCUT2D eigenvalue weighted by Gasteiger charge is 2.39. The maximum absolute atomic E-state index is 13.1. The van der Waals surface area contributed by atoms with E-state index in [0.717, 1.165) is 24.7 Å². The molecule has 1 atom stereocenters. The first-order chi connectivity index (χ1) is 9.23. The van der Waals surface area contributed by atoms with Gasteiger partial charge in [-0.05, 0) is 42.9 Å². The summed E-state index contributed by atoms with van der Waals surface area (Å²) in [5.74, 6) is 0.0907. The molecule has 19 heavy (non-hydrogen) atoms. The molecule has 0 bridgehead atoms. The minimum Gasteiger partial charge on any atom is -0.302 e. The van der Waals surface area contributed by atoms with Crippen LogP contribution in [0.1, 0.15) is 44.1 Å². The Morgan fingerprint density at radius 2 is 1.84 bits per heavy atom. The Balaban J connectivity index is 2.39. The van der Waals surface area contributed by atoms with E-state index in [4.69, 9.17) is 0 Å². The van der Waals surface area contributed by atoms with Crippen molar-refractivity contribution in [3.05, 3.63) is 48.3 Å². The van der Waals surface area contributed by atoms with Crippen LogP contribution >= 0.6 is 0 Å². The SMILES string of the molecule is C=CC[C@@](C=O)(c1ccc(F)cc1)C1CCCCC1. The van der Waals surface area contributed by atoms with Crippen LogP contribution in [-0.4, -0.2) is 6.29 Å². The Hall–Kier alpha value is -1.44. The van der Waals surface area contributed by atoms with Gasteiger partial charge in [-0.2, -0.15) is 0 Å². The van der Waals surface area contributed by atoms with Crippen molar-refractivity contribution in [1.29, 1.82) is 0 Å². The maximum Gasteiger partial charge on any atom is 0.131 e. The predicted molar refractivity (Wildman–Crippen MR) is 75.5 cm³/mol. The lowest BCUT2D eigenvalue weighted by molar-refractivity contribution is -0.114. The number of rotatable bonds is 5. The molecule has 0 aliphatic heterocycles. The van der Waals surface area contributed by atoms with Gasteiger partial charge in [-0.25, -0.2) is 4.39 Å². The third-order valence-electron chi connectivity index (χ3n) is 4.41. The van der Waals surface area contributed by atoms with Gasteiger partial charge in [-0.1, -0.05) is 37.5 Å². The number of benzene rings is 1. The number of carbonyl (C=O) groups is 1. The minimum absolute atomic E-state index is 0.259. The van der Waals surface area contributed by atoms with Crippen molar-refractivity contribution >= 4 is 6.29 Å². The van der Waals surface area contributed by atoms with Crippen molar-refractivity contribution in [1.82, 2.24) is 0 Å². The number of halogens is 1. The summed E-state index contributed by atoms with van der Waals surface area (Å²) in [6.45, 7) is 3.80. The Bertz CT molecular complexity index is 431. The molecule has 1 aromatic rings. The normalized spacial score (nSPS) is 19.6. The van der Waals surface area contributed by atoms with Crippen molar-refractivity contribution in [2.75, 3.05) is 0 Å². The van der Waals surface area contributed by atoms with E-state index >= 15 is 0 Å². The molecule has 0 N–H and O–H groups in total. The fourth-order valence-corrected chi connectivity index (χ4v) is 3.35. The molecule has 0 spiro atoms. The average Bonchev–Trinajstić information content (AvgIpc) is 2.47. The molecule has 0 aromatic heterocycles. The molecule has 2 heteroatoms. The van der Waals surface area contributed by atoms with Crippen LogP contribution in [0.2, 0.25) is 0 Å². The zero-order valence-corrected chi connectivity index (χ0v) is 11.3. The van der Waals surface area contributed by atoms with Gasteiger partial charge in [0.2, 0.25) is 0 Å². The van der Waals surface area contributed by atoms with Gasteiger partial charge in [0.1, 0.15) is 12.1 Å². The Labute approximate surface area is 114 Å². The zero-order valence-electron chi connectivity index (χ0n) is 11.3. The summed E-state index contributed by atoms with van der Waals surface area (Å²) in [5.41, 5.74) is 0.409. The monoisotopic (exact) mass is 260 g/mol. The van der Waals surface area contributed by atoms with E-state index in [1.165, 1.54) is 31.4 Å². The summed E-state index contributed by atoms with van der Waals surface area (Å²) in [7, 11) is 0. The number of carbonyl (C=O) groups excluding carboxylic acids is 1. The molecular weight excluding hydrogens is 239 g/mol. The first kappa shape index (κ1) is 14.0. The molecule has 0 saturated heterocycles. The lowest BCUT2D eigenvalue weighted by Crippen LogP contribution is -2.38. The van der Waals surface area contributed by atoms with E-state index in [-0.39, 0.29) is 5.82 Å². The number of aldehydes is 1. The zero-order chi connectivity index (χ0) is 13.7. The molecule has 0 heterocycles. The highest BCUT2D eigenvalue weighted by molar-refractivity contribution is 5.69. The molecular formula is C17H21FO. The van der Waals surface area contributed by atoms with E-state index in [2.05, 4.69) is 6.58 Å². The fraction of sp³-hybridized carbons (Fsp3) is 0.471. The predicted octanol–water partition coefficient (Wildman–Crippen LogP) is 4.42. The molecule has 1 aliphatic rings. The van der Waals surface area contributed by atoms with Gasteiger partial charge in [-0.15, -0.1) is 6.58 Å². The second-order valence-corrected chi connectivity index (χ2v) is 5.49. The van der Waals surface area contributed by atoms with Crippen molar-refractivity contribution < 1.29 is 9.18 Å². The van der Waals surface area contributed by atoms with Crippen LogP contribution < -0.4 is 0 Å². The highest BCUT2D eigenvalue weighted by atomic mass is 19.1. The molecule has 1 aliphatic carbocycles. The molecule has 1 nitrogen and oxygen atoms in total. The largest absolute Gasteiger partial charge is 0.302 e. The first-order valence-electron chi connectivity index (χ1n) is 7.06. The molecule has 1 fully saturated rings. The summed E-state index contributed by atoms with van der Waals surface area (Å²) in [4.78, 5) is 11.9. The summed E-state index contributed by atoms with van der Waals surface area (Å²) in [5, 5.41) is 0. The van der Waals surface area contributed by atoms with Crippen molar-refractivity contribution in [3.8, 4) is 0 Å². The highest BCUT2D eigenvalue weighted by Crippen LogP contribution is 2.42. The molecule has 0 radical (unpaired) electrons. The third-order valence-corrected chi connectivity index (χ3v) is 4.41. The van der Waals surface area contributed by atoms with Gasteiger partial charge < -0.3 is 4.79 Å². The lowest BCUT2D eigenvalue weighted by atomic mass is 9.64. The van der Waals surface area contributed by atoms with Crippen LogP contribution in [-0.2, 0) is 10.2 Å². The van der Waals surface area contributed by atoms with Crippen molar-refractivity contribution in [3.63, 3.8) is 0 Å². The van der Waals surface area contributed by atoms with Crippen LogP contribution in [0.15, 0.2) is 36.9 Å². The molecule has 1 saturated carbocycles. The van der Waals surface area contributed by atoms with Gasteiger partial charge in [0.05, 0.1) is 5.41 Å². The topological polar surface area (TPSA) is 17.1 Å². The third kappa shape index (κ3) is 2.78. The van der Waals surface area contributed by atoms with E-state index < -0.39 is 5.41 Å². The number of hydrogen-bond acceptors (Lipinski definition) is 1. The summed E-state index contributed by atoms with van der Waals surface area (Å²) in [6.07, 6.45) is 9.27. The lowest BCUT2D eigenvalue weighted by Gasteiger charge is -2.38. The fourth-order valence-electron chi connectivity index (χ4n) is 3.35. The van der Waals surface area contributed by atoms with E-state index in [1.807, 2.05) is 6.08 Å². The standard InChI is InChI=1S/C17H21FO/c1-2-12-17(13-19,14-6-4-3-5-7-14)15-8-10-16(18)11-9-15/h2,8-11,13-14H,1,3-7,12H2/t17-/m0/s1. The van der Waals surface area contributed by atoms with Gasteiger partial charge in [-0.3, -0.25) is 0 Å². The smallest absolute Gasteiger partial charge is 0.131 e. The molecule has 0 unspecified atom stereocenters. The van der Waals surface area contributed by atoms with Crippen LogP contribution in [0, 0.1) is 11.7 Å². The van der Waals surface area contributed by atoms with Crippen LogP contribution in [0.4, 0.5) is 4.39 Å². The minimum atomic E-state index is -0.518. The summed E-state index contributed by atoms with van der Waals surface area (Å²) in [6, 6.07) is 6.39. The maximum atomic E-state index is 13.1. The second-order valence-electron chi connectivity index (χ2n) is 5.49. The van der Waals surface area contributed by atoms with Crippen LogP contribution in [0.5, 0.6) is 0 Å². The quantitative estimate of drug-likeness (QED) is 0.566. The van der Waals surface area contributed by atoms with Crippen molar-refractivity contribution in [2.24, 2.45) is 5.92 Å². The second kappa shape index (κ2) is 6.14. The Morgan fingerprint density at radius 3 is 2.37 bits per heavy atom. The van der Waals surface area contributed by atoms with Crippen LogP contribution in [0.3, 0.4) is 0 Å². The Morgan fingerprint density at radius 1 is 1.21 bits per heavy atom.